The largest absolute Gasteiger partial charge is 0.324 e. The highest BCUT2D eigenvalue weighted by molar-refractivity contribution is 7.90. The second-order valence-corrected chi connectivity index (χ2v) is 8.10. The Labute approximate surface area is 161 Å². The molecule has 0 saturated heterocycles. The molecule has 0 aliphatic carbocycles. The van der Waals surface area contributed by atoms with Crippen molar-refractivity contribution in [2.24, 2.45) is 0 Å². The molecule has 9 heteroatoms. The number of aromatic nitrogens is 5. The highest BCUT2D eigenvalue weighted by Crippen LogP contribution is 2.22. The SMILES string of the molecule is CS(=O)(=O)c1ccc(-c2ccnc(Nc3ccc(-n4ccnn4)cc3)n2)cc1. The van der Waals surface area contributed by atoms with E-state index in [9.17, 15) is 8.42 Å². The molecule has 2 aromatic carbocycles. The molecule has 0 atom stereocenters. The van der Waals surface area contributed by atoms with E-state index in [1.165, 1.54) is 6.26 Å². The Morgan fingerprint density at radius 2 is 1.68 bits per heavy atom. The van der Waals surface area contributed by atoms with Gasteiger partial charge in [-0.05, 0) is 42.5 Å². The first-order valence-electron chi connectivity index (χ1n) is 8.36. The maximum Gasteiger partial charge on any atom is 0.227 e. The second-order valence-electron chi connectivity index (χ2n) is 6.08. The minimum absolute atomic E-state index is 0.274. The van der Waals surface area contributed by atoms with Crippen molar-refractivity contribution in [2.45, 2.75) is 4.90 Å². The zero-order valence-electron chi connectivity index (χ0n) is 14.9. The lowest BCUT2D eigenvalue weighted by atomic mass is 10.1. The van der Waals surface area contributed by atoms with Crippen LogP contribution in [0, 0.1) is 0 Å². The van der Waals surface area contributed by atoms with Crippen molar-refractivity contribution < 1.29 is 8.42 Å². The molecule has 2 heterocycles. The van der Waals surface area contributed by atoms with E-state index in [-0.39, 0.29) is 4.90 Å². The molecule has 0 unspecified atom stereocenters. The lowest BCUT2D eigenvalue weighted by Gasteiger charge is -2.08. The first-order valence-corrected chi connectivity index (χ1v) is 10.3. The van der Waals surface area contributed by atoms with Crippen molar-refractivity contribution in [3.63, 3.8) is 0 Å². The number of nitrogens with zero attached hydrogens (tertiary/aromatic N) is 5. The zero-order valence-corrected chi connectivity index (χ0v) is 15.7. The van der Waals surface area contributed by atoms with Gasteiger partial charge in [0.25, 0.3) is 0 Å². The van der Waals surface area contributed by atoms with Crippen LogP contribution in [0.15, 0.2) is 78.1 Å². The predicted octanol–water partition coefficient (Wildman–Crippen LogP) is 2.87. The summed E-state index contributed by atoms with van der Waals surface area (Å²) in [4.78, 5) is 9.02. The Morgan fingerprint density at radius 1 is 0.929 bits per heavy atom. The summed E-state index contributed by atoms with van der Waals surface area (Å²) in [7, 11) is -3.23. The molecule has 8 nitrogen and oxygen atoms in total. The van der Waals surface area contributed by atoms with Gasteiger partial charge < -0.3 is 5.32 Å². The number of benzene rings is 2. The third kappa shape index (κ3) is 3.89. The van der Waals surface area contributed by atoms with Gasteiger partial charge in [-0.15, -0.1) is 5.10 Å². The lowest BCUT2D eigenvalue weighted by Crippen LogP contribution is -2.00. The van der Waals surface area contributed by atoms with Crippen LogP contribution in [0.1, 0.15) is 0 Å². The molecule has 4 aromatic rings. The average Bonchev–Trinajstić information content (AvgIpc) is 3.23. The highest BCUT2D eigenvalue weighted by Gasteiger charge is 2.08. The van der Waals surface area contributed by atoms with Crippen LogP contribution in [0.25, 0.3) is 16.9 Å². The summed E-state index contributed by atoms with van der Waals surface area (Å²) in [6.45, 7) is 0. The van der Waals surface area contributed by atoms with Crippen molar-refractivity contribution >= 4 is 21.5 Å². The molecule has 0 bridgehead atoms. The smallest absolute Gasteiger partial charge is 0.227 e. The van der Waals surface area contributed by atoms with Crippen LogP contribution in [0.5, 0.6) is 0 Å². The summed E-state index contributed by atoms with van der Waals surface area (Å²) in [6, 6.07) is 16.0. The van der Waals surface area contributed by atoms with Crippen molar-refractivity contribution in [3.05, 3.63) is 73.2 Å². The standard InChI is InChI=1S/C19H16N6O2S/c1-28(26,27)17-8-2-14(3-9-17)18-10-11-20-19(23-18)22-15-4-6-16(7-5-15)25-13-12-21-24-25/h2-13H,1H3,(H,20,22,23). The Kier molecular flexibility index (Phi) is 4.58. The van der Waals surface area contributed by atoms with Crippen LogP contribution in [0.4, 0.5) is 11.6 Å². The van der Waals surface area contributed by atoms with Gasteiger partial charge >= 0.3 is 0 Å². The molecule has 0 fully saturated rings. The number of sulfone groups is 1. The minimum Gasteiger partial charge on any atom is -0.324 e. The Morgan fingerprint density at radius 3 is 2.32 bits per heavy atom. The van der Waals surface area contributed by atoms with Gasteiger partial charge in [-0.2, -0.15) is 0 Å². The molecular weight excluding hydrogens is 376 g/mol. The summed E-state index contributed by atoms with van der Waals surface area (Å²) in [6.07, 6.45) is 6.22. The number of rotatable bonds is 5. The fourth-order valence-corrected chi connectivity index (χ4v) is 3.26. The molecular formula is C19H16N6O2S. The molecule has 0 aliphatic rings. The van der Waals surface area contributed by atoms with Gasteiger partial charge in [0.15, 0.2) is 9.84 Å². The van der Waals surface area contributed by atoms with E-state index in [2.05, 4.69) is 25.6 Å². The summed E-state index contributed by atoms with van der Waals surface area (Å²) >= 11 is 0. The minimum atomic E-state index is -3.23. The molecule has 140 valence electrons. The third-order valence-corrected chi connectivity index (χ3v) is 5.17. The van der Waals surface area contributed by atoms with Crippen LogP contribution in [-0.2, 0) is 9.84 Å². The highest BCUT2D eigenvalue weighted by atomic mass is 32.2. The van der Waals surface area contributed by atoms with Crippen molar-refractivity contribution in [1.29, 1.82) is 0 Å². The van der Waals surface area contributed by atoms with Crippen molar-refractivity contribution in [1.82, 2.24) is 25.0 Å². The van der Waals surface area contributed by atoms with Gasteiger partial charge in [0.05, 0.1) is 28.7 Å². The van der Waals surface area contributed by atoms with Crippen LogP contribution in [0.3, 0.4) is 0 Å². The Hall–Kier alpha value is -3.59. The molecule has 0 aliphatic heterocycles. The predicted molar refractivity (Wildman–Crippen MR) is 105 cm³/mol. The first-order chi connectivity index (χ1) is 13.5. The summed E-state index contributed by atoms with van der Waals surface area (Å²) in [5.41, 5.74) is 3.22. The summed E-state index contributed by atoms with van der Waals surface area (Å²) < 4.78 is 24.9. The molecule has 28 heavy (non-hydrogen) atoms. The third-order valence-electron chi connectivity index (χ3n) is 4.04. The fraction of sp³-hybridized carbons (Fsp3) is 0.0526. The molecule has 0 spiro atoms. The number of nitrogens with one attached hydrogen (secondary N) is 1. The van der Waals surface area contributed by atoms with Gasteiger partial charge in [0, 0.05) is 23.7 Å². The summed E-state index contributed by atoms with van der Waals surface area (Å²) in [5.74, 6) is 0.443. The normalized spacial score (nSPS) is 11.3. The molecule has 1 N–H and O–H groups in total. The molecule has 0 saturated carbocycles. The van der Waals surface area contributed by atoms with E-state index in [1.54, 1.807) is 53.6 Å². The van der Waals surface area contributed by atoms with Gasteiger partial charge in [-0.3, -0.25) is 0 Å². The van der Waals surface area contributed by atoms with Gasteiger partial charge in [0.1, 0.15) is 0 Å². The fourth-order valence-electron chi connectivity index (χ4n) is 2.63. The van der Waals surface area contributed by atoms with Crippen molar-refractivity contribution in [3.8, 4) is 16.9 Å². The Bertz CT molecular complexity index is 1190. The van der Waals surface area contributed by atoms with Gasteiger partial charge in [0.2, 0.25) is 5.95 Å². The lowest BCUT2D eigenvalue weighted by molar-refractivity contribution is 0.602. The number of hydrogen-bond donors (Lipinski definition) is 1. The van der Waals surface area contributed by atoms with Crippen LogP contribution < -0.4 is 5.32 Å². The Balaban J connectivity index is 1.54. The maximum absolute atomic E-state index is 11.6. The van der Waals surface area contributed by atoms with E-state index in [4.69, 9.17) is 0 Å². The first kappa shape index (κ1) is 17.8. The van der Waals surface area contributed by atoms with Crippen LogP contribution in [-0.4, -0.2) is 39.6 Å². The molecule has 4 rings (SSSR count). The molecule has 2 aromatic heterocycles. The van der Waals surface area contributed by atoms with Gasteiger partial charge in [-0.1, -0.05) is 17.3 Å². The van der Waals surface area contributed by atoms with E-state index < -0.39 is 9.84 Å². The molecule has 0 amide bonds. The van der Waals surface area contributed by atoms with E-state index >= 15 is 0 Å². The quantitative estimate of drug-likeness (QED) is 0.557. The number of anilines is 2. The monoisotopic (exact) mass is 392 g/mol. The van der Waals surface area contributed by atoms with E-state index in [0.29, 0.717) is 11.6 Å². The van der Waals surface area contributed by atoms with Crippen molar-refractivity contribution in [2.75, 3.05) is 11.6 Å². The average molecular weight is 392 g/mol. The number of hydrogen-bond acceptors (Lipinski definition) is 7. The topological polar surface area (TPSA) is 103 Å². The van der Waals surface area contributed by atoms with Crippen LogP contribution in [0.2, 0.25) is 0 Å². The molecule has 0 radical (unpaired) electrons. The zero-order chi connectivity index (χ0) is 19.6. The maximum atomic E-state index is 11.6. The van der Waals surface area contributed by atoms with E-state index in [1.807, 2.05) is 24.3 Å². The van der Waals surface area contributed by atoms with Crippen LogP contribution >= 0.6 is 0 Å². The second kappa shape index (κ2) is 7.20. The van der Waals surface area contributed by atoms with E-state index in [0.717, 1.165) is 16.9 Å². The summed E-state index contributed by atoms with van der Waals surface area (Å²) in [5, 5.41) is 10.9. The van der Waals surface area contributed by atoms with Gasteiger partial charge in [-0.25, -0.2) is 23.1 Å².